The fourth-order valence-corrected chi connectivity index (χ4v) is 3.58. The summed E-state index contributed by atoms with van der Waals surface area (Å²) in [5.74, 6) is 0.819. The highest BCUT2D eigenvalue weighted by atomic mass is 16.6. The molecule has 3 aliphatic rings. The van der Waals surface area contributed by atoms with E-state index in [4.69, 9.17) is 9.47 Å². The van der Waals surface area contributed by atoms with Crippen molar-refractivity contribution in [3.05, 3.63) is 0 Å². The van der Waals surface area contributed by atoms with Crippen LogP contribution in [0.2, 0.25) is 0 Å². The average molecular weight is 210 g/mol. The zero-order valence-electron chi connectivity index (χ0n) is 8.64. The molecule has 1 heterocycles. The van der Waals surface area contributed by atoms with Gasteiger partial charge in [0, 0.05) is 18.8 Å². The fraction of sp³-hybridized carbons (Fsp3) is 0.818. The minimum absolute atomic E-state index is 0.00750. The van der Waals surface area contributed by atoms with E-state index in [2.05, 4.69) is 0 Å². The van der Waals surface area contributed by atoms with Gasteiger partial charge in [0.15, 0.2) is 0 Å². The first-order valence-electron chi connectivity index (χ1n) is 5.50. The summed E-state index contributed by atoms with van der Waals surface area (Å²) in [7, 11) is 0. The lowest BCUT2D eigenvalue weighted by Crippen LogP contribution is -2.30. The summed E-state index contributed by atoms with van der Waals surface area (Å²) in [6.07, 6.45) is 2.22. The Morgan fingerprint density at radius 3 is 3.07 bits per heavy atom. The van der Waals surface area contributed by atoms with Crippen molar-refractivity contribution in [3.8, 4) is 0 Å². The van der Waals surface area contributed by atoms with Crippen LogP contribution in [0.1, 0.15) is 19.8 Å². The van der Waals surface area contributed by atoms with Crippen LogP contribution in [-0.4, -0.2) is 24.6 Å². The van der Waals surface area contributed by atoms with Crippen LogP contribution in [0.15, 0.2) is 0 Å². The number of rotatable bonds is 2. The SMILES string of the molecule is CC(=O)OC[C@H]1[C@@H]2C[C@@H]3[C@H]1C(=O)O[C@@H]3C2. The molecule has 3 rings (SSSR count). The van der Waals surface area contributed by atoms with E-state index in [0.29, 0.717) is 18.4 Å². The van der Waals surface area contributed by atoms with Gasteiger partial charge in [-0.3, -0.25) is 9.59 Å². The van der Waals surface area contributed by atoms with E-state index in [1.54, 1.807) is 0 Å². The zero-order chi connectivity index (χ0) is 10.6. The summed E-state index contributed by atoms with van der Waals surface area (Å²) in [6, 6.07) is 0. The van der Waals surface area contributed by atoms with E-state index >= 15 is 0 Å². The molecule has 5 atom stereocenters. The molecule has 0 unspecified atom stereocenters. The third kappa shape index (κ3) is 1.20. The first-order chi connectivity index (χ1) is 7.16. The van der Waals surface area contributed by atoms with Crippen LogP contribution in [0.25, 0.3) is 0 Å². The number of esters is 2. The Bertz CT molecular complexity index is 323. The second-order valence-electron chi connectivity index (χ2n) is 4.86. The van der Waals surface area contributed by atoms with Crippen molar-refractivity contribution in [2.75, 3.05) is 6.61 Å². The maximum absolute atomic E-state index is 11.6. The van der Waals surface area contributed by atoms with Crippen LogP contribution < -0.4 is 0 Å². The van der Waals surface area contributed by atoms with E-state index in [0.717, 1.165) is 12.8 Å². The first-order valence-corrected chi connectivity index (χ1v) is 5.50. The van der Waals surface area contributed by atoms with Gasteiger partial charge in [0.1, 0.15) is 6.10 Å². The molecular weight excluding hydrogens is 196 g/mol. The highest BCUT2D eigenvalue weighted by Crippen LogP contribution is 2.57. The van der Waals surface area contributed by atoms with Crippen molar-refractivity contribution in [3.63, 3.8) is 0 Å². The molecule has 1 aliphatic heterocycles. The smallest absolute Gasteiger partial charge is 0.310 e. The van der Waals surface area contributed by atoms with Gasteiger partial charge in [-0.1, -0.05) is 0 Å². The molecule has 0 radical (unpaired) electrons. The first kappa shape index (κ1) is 9.19. The number of fused-ring (bicyclic) bond motifs is 1. The second kappa shape index (κ2) is 2.97. The quantitative estimate of drug-likeness (QED) is 0.631. The lowest BCUT2D eigenvalue weighted by atomic mass is 9.80. The molecule has 3 fully saturated rings. The van der Waals surface area contributed by atoms with Crippen LogP contribution in [0.5, 0.6) is 0 Å². The van der Waals surface area contributed by atoms with Gasteiger partial charge >= 0.3 is 11.9 Å². The highest BCUT2D eigenvalue weighted by molar-refractivity contribution is 5.77. The number of carbonyl (C=O) groups excluding carboxylic acids is 2. The van der Waals surface area contributed by atoms with Crippen molar-refractivity contribution >= 4 is 11.9 Å². The number of carbonyl (C=O) groups is 2. The summed E-state index contributed by atoms with van der Waals surface area (Å²) in [5, 5.41) is 0. The molecule has 15 heavy (non-hydrogen) atoms. The Morgan fingerprint density at radius 2 is 2.33 bits per heavy atom. The Labute approximate surface area is 87.9 Å². The highest BCUT2D eigenvalue weighted by Gasteiger charge is 2.61. The van der Waals surface area contributed by atoms with Gasteiger partial charge in [-0.15, -0.1) is 0 Å². The van der Waals surface area contributed by atoms with Crippen molar-refractivity contribution < 1.29 is 19.1 Å². The molecule has 2 bridgehead atoms. The largest absolute Gasteiger partial charge is 0.466 e. The lowest BCUT2D eigenvalue weighted by Gasteiger charge is -2.23. The van der Waals surface area contributed by atoms with Crippen LogP contribution in [-0.2, 0) is 19.1 Å². The Hall–Kier alpha value is -1.06. The normalized spacial score (nSPS) is 45.7. The van der Waals surface area contributed by atoms with Crippen molar-refractivity contribution in [1.29, 1.82) is 0 Å². The van der Waals surface area contributed by atoms with Gasteiger partial charge in [0.25, 0.3) is 0 Å². The van der Waals surface area contributed by atoms with Gasteiger partial charge in [-0.05, 0) is 18.8 Å². The maximum atomic E-state index is 11.6. The van der Waals surface area contributed by atoms with E-state index in [9.17, 15) is 9.59 Å². The minimum Gasteiger partial charge on any atom is -0.466 e. The standard InChI is InChI=1S/C11H14O4/c1-5(12)14-4-8-6-2-7-9(3-6)15-11(13)10(7)8/h6-10H,2-4H2,1H3/t6-,7+,8+,9-,10-/m1/s1. The van der Waals surface area contributed by atoms with Crippen LogP contribution in [0, 0.1) is 23.7 Å². The van der Waals surface area contributed by atoms with Crippen molar-refractivity contribution in [1.82, 2.24) is 0 Å². The molecule has 0 spiro atoms. The van der Waals surface area contributed by atoms with Crippen molar-refractivity contribution in [2.45, 2.75) is 25.9 Å². The van der Waals surface area contributed by atoms with E-state index in [1.807, 2.05) is 0 Å². The third-order valence-electron chi connectivity index (χ3n) is 4.13. The summed E-state index contributed by atoms with van der Waals surface area (Å²) in [6.45, 7) is 1.80. The molecule has 4 nitrogen and oxygen atoms in total. The molecule has 2 saturated carbocycles. The van der Waals surface area contributed by atoms with Crippen LogP contribution in [0.4, 0.5) is 0 Å². The predicted molar refractivity (Wildman–Crippen MR) is 49.7 cm³/mol. The van der Waals surface area contributed by atoms with E-state index in [-0.39, 0.29) is 29.9 Å². The van der Waals surface area contributed by atoms with Gasteiger partial charge in [0.05, 0.1) is 12.5 Å². The van der Waals surface area contributed by atoms with Gasteiger partial charge in [0.2, 0.25) is 0 Å². The van der Waals surface area contributed by atoms with E-state index in [1.165, 1.54) is 6.92 Å². The van der Waals surface area contributed by atoms with E-state index < -0.39 is 0 Å². The summed E-state index contributed by atoms with van der Waals surface area (Å²) >= 11 is 0. The Balaban J connectivity index is 1.75. The topological polar surface area (TPSA) is 52.6 Å². The summed E-state index contributed by atoms with van der Waals surface area (Å²) < 4.78 is 10.3. The molecule has 1 saturated heterocycles. The number of hydrogen-bond donors (Lipinski definition) is 0. The number of ether oxygens (including phenoxy) is 2. The molecular formula is C11H14O4. The molecule has 0 aromatic heterocycles. The summed E-state index contributed by atoms with van der Waals surface area (Å²) in [4.78, 5) is 22.3. The molecule has 82 valence electrons. The molecule has 0 amide bonds. The maximum Gasteiger partial charge on any atom is 0.310 e. The molecule has 2 aliphatic carbocycles. The van der Waals surface area contributed by atoms with Crippen LogP contribution in [0.3, 0.4) is 0 Å². The molecule has 0 N–H and O–H groups in total. The van der Waals surface area contributed by atoms with Gasteiger partial charge < -0.3 is 9.47 Å². The molecule has 0 aromatic carbocycles. The Morgan fingerprint density at radius 1 is 1.53 bits per heavy atom. The predicted octanol–water partition coefficient (Wildman–Crippen LogP) is 0.747. The summed E-state index contributed by atoms with van der Waals surface area (Å²) in [5.41, 5.74) is 0. The van der Waals surface area contributed by atoms with Crippen LogP contribution >= 0.6 is 0 Å². The number of hydrogen-bond acceptors (Lipinski definition) is 4. The lowest BCUT2D eigenvalue weighted by molar-refractivity contribution is -0.148. The zero-order valence-corrected chi connectivity index (χ0v) is 8.64. The average Bonchev–Trinajstić information content (AvgIpc) is 2.73. The molecule has 0 aromatic rings. The van der Waals surface area contributed by atoms with Gasteiger partial charge in [-0.25, -0.2) is 0 Å². The van der Waals surface area contributed by atoms with Crippen molar-refractivity contribution in [2.24, 2.45) is 23.7 Å². The third-order valence-corrected chi connectivity index (χ3v) is 4.13. The fourth-order valence-electron chi connectivity index (χ4n) is 3.58. The minimum atomic E-state index is -0.263. The van der Waals surface area contributed by atoms with Gasteiger partial charge in [-0.2, -0.15) is 0 Å². The molecule has 4 heteroatoms. The second-order valence-corrected chi connectivity index (χ2v) is 4.86. The Kier molecular flexibility index (Phi) is 1.82. The monoisotopic (exact) mass is 210 g/mol.